The van der Waals surface area contributed by atoms with Crippen LogP contribution in [0.4, 0.5) is 0 Å². The van der Waals surface area contributed by atoms with Crippen LogP contribution < -0.4 is 0 Å². The Kier molecular flexibility index (Phi) is 7.52. The van der Waals surface area contributed by atoms with Crippen LogP contribution in [0.1, 0.15) is 26.7 Å². The fourth-order valence-electron chi connectivity index (χ4n) is 0.428. The highest BCUT2D eigenvalue weighted by Crippen LogP contribution is 2.10. The number of rotatable bonds is 5. The van der Waals surface area contributed by atoms with Gasteiger partial charge < -0.3 is 0 Å². The van der Waals surface area contributed by atoms with Gasteiger partial charge in [-0.25, -0.2) is 4.21 Å². The number of allylic oxidation sites excluding steroid dienone is 1. The van der Waals surface area contributed by atoms with Crippen LogP contribution >= 0.6 is 10.8 Å². The minimum atomic E-state index is -0.690. The Morgan fingerprint density at radius 3 is 2.80 bits per heavy atom. The SMILES string of the molecule is C/C=C/S[S@@](=O)CCCC. The van der Waals surface area contributed by atoms with Crippen molar-refractivity contribution in [1.29, 1.82) is 0 Å². The zero-order valence-corrected chi connectivity index (χ0v) is 8.13. The minimum Gasteiger partial charge on any atom is -0.248 e. The molecule has 0 aromatic heterocycles. The maximum Gasteiger partial charge on any atom is 0.0846 e. The first-order chi connectivity index (χ1) is 4.81. The predicted molar refractivity (Wildman–Crippen MR) is 50.3 cm³/mol. The maximum absolute atomic E-state index is 11.0. The zero-order valence-electron chi connectivity index (χ0n) is 6.50. The van der Waals surface area contributed by atoms with Gasteiger partial charge >= 0.3 is 0 Å². The van der Waals surface area contributed by atoms with Crippen molar-refractivity contribution in [2.24, 2.45) is 0 Å². The Bertz CT molecular complexity index is 121. The molecule has 0 radical (unpaired) electrons. The molecule has 0 heterocycles. The van der Waals surface area contributed by atoms with Gasteiger partial charge in [0.05, 0.1) is 9.83 Å². The van der Waals surface area contributed by atoms with Gasteiger partial charge in [-0.15, -0.1) is 0 Å². The van der Waals surface area contributed by atoms with Gasteiger partial charge in [0.25, 0.3) is 0 Å². The standard InChI is InChI=1S/C7H14OS2/c1-3-5-7-10(8)9-6-4-2/h4,6H,3,5,7H2,1-2H3/b6-4+/t10-/m1/s1. The van der Waals surface area contributed by atoms with Crippen LogP contribution in [0, 0.1) is 0 Å². The predicted octanol–water partition coefficient (Wildman–Crippen LogP) is 2.72. The molecule has 0 aromatic rings. The molecule has 0 aliphatic rings. The van der Waals surface area contributed by atoms with Crippen molar-refractivity contribution < 1.29 is 4.21 Å². The minimum absolute atomic E-state index is 0.690. The normalized spacial score (nSPS) is 14.2. The molecule has 60 valence electrons. The maximum atomic E-state index is 11.0. The molecule has 0 saturated heterocycles. The summed E-state index contributed by atoms with van der Waals surface area (Å²) in [5.74, 6) is 0.825. The Hall–Kier alpha value is 0.240. The Morgan fingerprint density at radius 2 is 2.30 bits per heavy atom. The van der Waals surface area contributed by atoms with Crippen molar-refractivity contribution in [2.45, 2.75) is 26.7 Å². The van der Waals surface area contributed by atoms with Gasteiger partial charge in [-0.2, -0.15) is 0 Å². The smallest absolute Gasteiger partial charge is 0.0846 e. The summed E-state index contributed by atoms with van der Waals surface area (Å²) in [4.78, 5) is 0. The summed E-state index contributed by atoms with van der Waals surface area (Å²) >= 11 is 0. The van der Waals surface area contributed by atoms with E-state index in [4.69, 9.17) is 0 Å². The number of hydrogen-bond donors (Lipinski definition) is 0. The van der Waals surface area contributed by atoms with E-state index in [9.17, 15) is 4.21 Å². The van der Waals surface area contributed by atoms with Gasteiger partial charge in [0.1, 0.15) is 0 Å². The molecular formula is C7H14OS2. The fraction of sp³-hybridized carbons (Fsp3) is 0.714. The molecular weight excluding hydrogens is 164 g/mol. The third-order valence-corrected chi connectivity index (χ3v) is 3.66. The van der Waals surface area contributed by atoms with Gasteiger partial charge in [0, 0.05) is 5.75 Å². The van der Waals surface area contributed by atoms with Crippen molar-refractivity contribution in [3.05, 3.63) is 11.5 Å². The van der Waals surface area contributed by atoms with E-state index in [1.54, 1.807) is 0 Å². The quantitative estimate of drug-likeness (QED) is 0.602. The number of unbranched alkanes of at least 4 members (excludes halogenated alkanes) is 1. The molecule has 0 saturated carbocycles. The van der Waals surface area contributed by atoms with Crippen LogP contribution in [-0.2, 0) is 9.83 Å². The van der Waals surface area contributed by atoms with Crippen LogP contribution in [0.15, 0.2) is 11.5 Å². The van der Waals surface area contributed by atoms with E-state index in [1.165, 1.54) is 10.8 Å². The van der Waals surface area contributed by atoms with Crippen molar-refractivity contribution >= 4 is 20.6 Å². The van der Waals surface area contributed by atoms with E-state index >= 15 is 0 Å². The van der Waals surface area contributed by atoms with Gasteiger partial charge in [-0.05, 0) is 29.5 Å². The number of hydrogen-bond acceptors (Lipinski definition) is 2. The second-order valence-electron chi connectivity index (χ2n) is 1.93. The van der Waals surface area contributed by atoms with Crippen LogP contribution in [0.25, 0.3) is 0 Å². The molecule has 0 N–H and O–H groups in total. The van der Waals surface area contributed by atoms with Crippen LogP contribution in [0.5, 0.6) is 0 Å². The molecule has 1 nitrogen and oxygen atoms in total. The molecule has 0 aliphatic heterocycles. The third kappa shape index (κ3) is 6.36. The molecule has 0 unspecified atom stereocenters. The van der Waals surface area contributed by atoms with Crippen molar-refractivity contribution in [1.82, 2.24) is 0 Å². The summed E-state index contributed by atoms with van der Waals surface area (Å²) in [6.07, 6.45) is 4.10. The first-order valence-electron chi connectivity index (χ1n) is 3.48. The van der Waals surface area contributed by atoms with Crippen LogP contribution in [-0.4, -0.2) is 9.96 Å². The van der Waals surface area contributed by atoms with E-state index in [1.807, 2.05) is 18.4 Å². The summed E-state index contributed by atoms with van der Waals surface area (Å²) in [5, 5.41) is 1.88. The van der Waals surface area contributed by atoms with Crippen molar-refractivity contribution in [3.8, 4) is 0 Å². The van der Waals surface area contributed by atoms with E-state index in [0.717, 1.165) is 18.6 Å². The largest absolute Gasteiger partial charge is 0.248 e. The van der Waals surface area contributed by atoms with Gasteiger partial charge in [-0.3, -0.25) is 0 Å². The molecule has 10 heavy (non-hydrogen) atoms. The highest BCUT2D eigenvalue weighted by Gasteiger charge is 1.94. The summed E-state index contributed by atoms with van der Waals surface area (Å²) in [7, 11) is 0.718. The monoisotopic (exact) mass is 178 g/mol. The average molecular weight is 178 g/mol. The lowest BCUT2D eigenvalue weighted by atomic mass is 10.4. The summed E-state index contributed by atoms with van der Waals surface area (Å²) in [6, 6.07) is 0. The highest BCUT2D eigenvalue weighted by atomic mass is 33.1. The lowest BCUT2D eigenvalue weighted by molar-refractivity contribution is 0.688. The Balaban J connectivity index is 3.25. The molecule has 1 atom stereocenters. The molecule has 3 heteroatoms. The highest BCUT2D eigenvalue weighted by molar-refractivity contribution is 8.70. The summed E-state index contributed by atoms with van der Waals surface area (Å²) in [6.45, 7) is 4.04. The van der Waals surface area contributed by atoms with E-state index in [-0.39, 0.29) is 0 Å². The average Bonchev–Trinajstić information content (AvgIpc) is 1.97. The van der Waals surface area contributed by atoms with E-state index in [0.29, 0.717) is 0 Å². The van der Waals surface area contributed by atoms with Gasteiger partial charge in [0.15, 0.2) is 0 Å². The Morgan fingerprint density at radius 1 is 1.60 bits per heavy atom. The molecule has 0 amide bonds. The third-order valence-electron chi connectivity index (χ3n) is 0.964. The molecule has 0 bridgehead atoms. The molecule has 0 spiro atoms. The zero-order chi connectivity index (χ0) is 7.82. The topological polar surface area (TPSA) is 17.1 Å². The summed E-state index contributed by atoms with van der Waals surface area (Å²) in [5.41, 5.74) is 0. The first-order valence-corrected chi connectivity index (χ1v) is 6.19. The van der Waals surface area contributed by atoms with Gasteiger partial charge in [-0.1, -0.05) is 19.4 Å². The van der Waals surface area contributed by atoms with Crippen LogP contribution in [0.2, 0.25) is 0 Å². The fourth-order valence-corrected chi connectivity index (χ4v) is 2.63. The first kappa shape index (κ1) is 10.2. The molecule has 0 aromatic carbocycles. The van der Waals surface area contributed by atoms with Crippen molar-refractivity contribution in [3.63, 3.8) is 0 Å². The lowest BCUT2D eigenvalue weighted by Crippen LogP contribution is -1.88. The molecule has 0 aliphatic carbocycles. The second kappa shape index (κ2) is 7.35. The van der Waals surface area contributed by atoms with Gasteiger partial charge in [0.2, 0.25) is 0 Å². The Labute approximate surface area is 69.1 Å². The van der Waals surface area contributed by atoms with E-state index < -0.39 is 9.83 Å². The van der Waals surface area contributed by atoms with Crippen molar-refractivity contribution in [2.75, 3.05) is 5.75 Å². The lowest BCUT2D eigenvalue weighted by Gasteiger charge is -1.93. The second-order valence-corrected chi connectivity index (χ2v) is 5.10. The van der Waals surface area contributed by atoms with Crippen LogP contribution in [0.3, 0.4) is 0 Å². The molecule has 0 rings (SSSR count). The van der Waals surface area contributed by atoms with E-state index in [2.05, 4.69) is 6.92 Å². The summed E-state index contributed by atoms with van der Waals surface area (Å²) < 4.78 is 11.0. The molecule has 0 fully saturated rings.